The van der Waals surface area contributed by atoms with E-state index in [2.05, 4.69) is 4.99 Å². The van der Waals surface area contributed by atoms with E-state index in [9.17, 15) is 4.89 Å². The molecule has 5 heteroatoms. The molecular formula is C10H13N2OPS. The SMILES string of the molecule is Cc1ccc2c(c1)P(O)(=S)C(N(C)C)=N2. The molecule has 1 aromatic rings. The molecule has 1 atom stereocenters. The van der Waals surface area contributed by atoms with Crippen LogP contribution in [0.1, 0.15) is 5.56 Å². The lowest BCUT2D eigenvalue weighted by molar-refractivity contribution is 0.608. The molecule has 0 bridgehead atoms. The van der Waals surface area contributed by atoms with Crippen LogP contribution in [0.15, 0.2) is 23.2 Å². The lowest BCUT2D eigenvalue weighted by atomic mass is 10.2. The van der Waals surface area contributed by atoms with E-state index < -0.39 is 6.26 Å². The average Bonchev–Trinajstić information content (AvgIpc) is 2.39. The Kier molecular flexibility index (Phi) is 2.45. The number of hydrogen-bond acceptors (Lipinski definition) is 3. The summed E-state index contributed by atoms with van der Waals surface area (Å²) < 4.78 is 0. The zero-order valence-electron chi connectivity index (χ0n) is 8.93. The molecular weight excluding hydrogens is 227 g/mol. The third-order valence-corrected chi connectivity index (χ3v) is 5.48. The molecule has 0 spiro atoms. The van der Waals surface area contributed by atoms with E-state index in [1.165, 1.54) is 0 Å². The first kappa shape index (κ1) is 10.8. The molecule has 1 aliphatic heterocycles. The van der Waals surface area contributed by atoms with Gasteiger partial charge in [-0.1, -0.05) is 23.4 Å². The molecule has 0 radical (unpaired) electrons. The van der Waals surface area contributed by atoms with Gasteiger partial charge in [-0.25, -0.2) is 4.99 Å². The third kappa shape index (κ3) is 1.63. The van der Waals surface area contributed by atoms with Crippen LogP contribution in [0, 0.1) is 6.92 Å². The van der Waals surface area contributed by atoms with Crippen LogP contribution in [-0.2, 0) is 11.8 Å². The summed E-state index contributed by atoms with van der Waals surface area (Å²) in [5.74, 6) is 0. The number of fused-ring (bicyclic) bond motifs is 1. The van der Waals surface area contributed by atoms with Gasteiger partial charge in [-0.2, -0.15) is 0 Å². The summed E-state index contributed by atoms with van der Waals surface area (Å²) in [6.07, 6.45) is -2.62. The molecule has 80 valence electrons. The Morgan fingerprint density at radius 1 is 1.40 bits per heavy atom. The molecule has 1 N–H and O–H groups in total. The number of hydrogen-bond donors (Lipinski definition) is 1. The highest BCUT2D eigenvalue weighted by molar-refractivity contribution is 8.23. The maximum absolute atomic E-state index is 10.4. The Balaban J connectivity index is 2.63. The van der Waals surface area contributed by atoms with Crippen LogP contribution < -0.4 is 5.30 Å². The standard InChI is InChI=1S/C10H13N2OPS/c1-7-4-5-8-9(6-7)14(13,15)10(11-8)12(2)3/h4-6H,1-3H3,(H,13,15). The molecule has 0 aromatic heterocycles. The largest absolute Gasteiger partial charge is 0.360 e. The number of amidine groups is 1. The van der Waals surface area contributed by atoms with E-state index in [0.29, 0.717) is 5.58 Å². The van der Waals surface area contributed by atoms with Gasteiger partial charge in [-0.3, -0.25) is 0 Å². The fraction of sp³-hybridized carbons (Fsp3) is 0.300. The molecule has 1 aromatic carbocycles. The smallest absolute Gasteiger partial charge is 0.167 e. The van der Waals surface area contributed by atoms with Crippen LogP contribution in [-0.4, -0.2) is 29.5 Å². The summed E-state index contributed by atoms with van der Waals surface area (Å²) >= 11 is 5.31. The van der Waals surface area contributed by atoms with Crippen molar-refractivity contribution in [1.82, 2.24) is 4.90 Å². The first-order chi connectivity index (χ1) is 6.93. The van der Waals surface area contributed by atoms with E-state index in [1.807, 2.05) is 39.2 Å². The summed E-state index contributed by atoms with van der Waals surface area (Å²) in [5, 5.41) is 0.821. The number of nitrogens with zero attached hydrogens (tertiary/aromatic N) is 2. The second kappa shape index (κ2) is 3.41. The highest BCUT2D eigenvalue weighted by atomic mass is 32.4. The van der Waals surface area contributed by atoms with Crippen LogP contribution in [0.25, 0.3) is 0 Å². The van der Waals surface area contributed by atoms with Crippen molar-refractivity contribution in [2.45, 2.75) is 6.92 Å². The van der Waals surface area contributed by atoms with Gasteiger partial charge in [-0.05, 0) is 19.1 Å². The van der Waals surface area contributed by atoms with Crippen molar-refractivity contribution in [2.75, 3.05) is 14.1 Å². The summed E-state index contributed by atoms with van der Waals surface area (Å²) in [4.78, 5) is 16.5. The van der Waals surface area contributed by atoms with Crippen molar-refractivity contribution in [1.29, 1.82) is 0 Å². The number of benzene rings is 1. The first-order valence-electron chi connectivity index (χ1n) is 4.63. The van der Waals surface area contributed by atoms with Gasteiger partial charge >= 0.3 is 0 Å². The van der Waals surface area contributed by atoms with Crippen molar-refractivity contribution in [2.24, 2.45) is 4.99 Å². The van der Waals surface area contributed by atoms with Crippen molar-refractivity contribution < 1.29 is 4.89 Å². The zero-order valence-corrected chi connectivity index (χ0v) is 10.6. The highest BCUT2D eigenvalue weighted by Gasteiger charge is 2.33. The topological polar surface area (TPSA) is 35.8 Å². The lowest BCUT2D eigenvalue weighted by Crippen LogP contribution is -2.22. The van der Waals surface area contributed by atoms with E-state index in [4.69, 9.17) is 11.8 Å². The minimum atomic E-state index is -2.62. The number of aliphatic imine (C=N–C) groups is 1. The fourth-order valence-electron chi connectivity index (χ4n) is 1.63. The first-order valence-corrected chi connectivity index (χ1v) is 7.39. The predicted octanol–water partition coefficient (Wildman–Crippen LogP) is 1.57. The second-order valence-electron chi connectivity index (χ2n) is 3.87. The molecule has 1 aliphatic rings. The molecule has 1 unspecified atom stereocenters. The Bertz CT molecular complexity index is 496. The quantitative estimate of drug-likeness (QED) is 0.699. The van der Waals surface area contributed by atoms with Crippen LogP contribution >= 0.6 is 6.26 Å². The van der Waals surface area contributed by atoms with E-state index in [-0.39, 0.29) is 0 Å². The average molecular weight is 240 g/mol. The van der Waals surface area contributed by atoms with Gasteiger partial charge in [-0.15, -0.1) is 0 Å². The van der Waals surface area contributed by atoms with Gasteiger partial charge < -0.3 is 9.79 Å². The maximum atomic E-state index is 10.4. The van der Waals surface area contributed by atoms with E-state index in [0.717, 1.165) is 16.6 Å². The minimum Gasteiger partial charge on any atom is -0.360 e. The van der Waals surface area contributed by atoms with Gasteiger partial charge in [0, 0.05) is 19.4 Å². The van der Waals surface area contributed by atoms with Gasteiger partial charge in [0.2, 0.25) is 0 Å². The summed E-state index contributed by atoms with van der Waals surface area (Å²) in [5.41, 5.74) is 2.54. The van der Waals surface area contributed by atoms with Crippen molar-refractivity contribution in [3.8, 4) is 0 Å². The highest BCUT2D eigenvalue weighted by Crippen LogP contribution is 2.50. The minimum absolute atomic E-state index is 0.623. The zero-order chi connectivity index (χ0) is 11.2. The van der Waals surface area contributed by atoms with Crippen LogP contribution in [0.4, 0.5) is 5.69 Å². The van der Waals surface area contributed by atoms with Gasteiger partial charge in [0.25, 0.3) is 0 Å². The van der Waals surface area contributed by atoms with Gasteiger partial charge in [0.05, 0.1) is 5.69 Å². The monoisotopic (exact) mass is 240 g/mol. The summed E-state index contributed by atoms with van der Waals surface area (Å²) in [6.45, 7) is 1.99. The summed E-state index contributed by atoms with van der Waals surface area (Å²) in [7, 11) is 3.71. The predicted molar refractivity (Wildman–Crippen MR) is 68.1 cm³/mol. The Hall–Kier alpha value is -0.700. The van der Waals surface area contributed by atoms with Crippen LogP contribution in [0.3, 0.4) is 0 Å². The van der Waals surface area contributed by atoms with E-state index in [1.54, 1.807) is 4.90 Å². The molecule has 0 aliphatic carbocycles. The third-order valence-electron chi connectivity index (χ3n) is 2.35. The van der Waals surface area contributed by atoms with Crippen molar-refractivity contribution in [3.05, 3.63) is 23.8 Å². The van der Waals surface area contributed by atoms with Crippen LogP contribution in [0.5, 0.6) is 0 Å². The molecule has 2 rings (SSSR count). The van der Waals surface area contributed by atoms with Crippen LogP contribution in [0.2, 0.25) is 0 Å². The fourth-order valence-corrected chi connectivity index (χ4v) is 4.49. The number of aryl methyl sites for hydroxylation is 1. The summed E-state index contributed by atoms with van der Waals surface area (Å²) in [6, 6.07) is 5.84. The molecule has 3 nitrogen and oxygen atoms in total. The molecule has 0 saturated carbocycles. The Morgan fingerprint density at radius 2 is 2.07 bits per heavy atom. The molecule has 15 heavy (non-hydrogen) atoms. The second-order valence-corrected chi connectivity index (χ2v) is 7.49. The molecule has 0 amide bonds. The van der Waals surface area contributed by atoms with Gasteiger partial charge in [0.15, 0.2) is 11.8 Å². The Labute approximate surface area is 94.5 Å². The molecule has 0 fully saturated rings. The van der Waals surface area contributed by atoms with Crippen molar-refractivity contribution >= 4 is 34.6 Å². The maximum Gasteiger partial charge on any atom is 0.167 e. The van der Waals surface area contributed by atoms with E-state index >= 15 is 0 Å². The Morgan fingerprint density at radius 3 is 2.67 bits per heavy atom. The van der Waals surface area contributed by atoms with Crippen molar-refractivity contribution in [3.63, 3.8) is 0 Å². The normalized spacial score (nSPS) is 23.6. The number of rotatable bonds is 0. The molecule has 1 heterocycles. The molecule has 0 saturated heterocycles. The lowest BCUT2D eigenvalue weighted by Gasteiger charge is -2.18. The van der Waals surface area contributed by atoms with Gasteiger partial charge in [0.1, 0.15) is 0 Å².